The van der Waals surface area contributed by atoms with Gasteiger partial charge in [-0.05, 0) is 30.7 Å². The number of fused-ring (bicyclic) bond motifs is 1. The van der Waals surface area contributed by atoms with Crippen molar-refractivity contribution < 1.29 is 4.79 Å². The topological polar surface area (TPSA) is 59.3 Å². The Morgan fingerprint density at radius 3 is 2.95 bits per heavy atom. The maximum absolute atomic E-state index is 12.2. The highest BCUT2D eigenvalue weighted by Gasteiger charge is 2.14. The number of carbonyl (C=O) groups is 1. The molecule has 0 fully saturated rings. The Kier molecular flexibility index (Phi) is 3.16. The lowest BCUT2D eigenvalue weighted by atomic mass is 10.1. The Balaban J connectivity index is 1.79. The van der Waals surface area contributed by atoms with Gasteiger partial charge in [-0.25, -0.2) is 4.98 Å². The van der Waals surface area contributed by atoms with Gasteiger partial charge < -0.3 is 9.72 Å². The molecule has 100 valence electrons. The zero-order chi connectivity index (χ0) is 13.9. The van der Waals surface area contributed by atoms with Gasteiger partial charge >= 0.3 is 0 Å². The summed E-state index contributed by atoms with van der Waals surface area (Å²) >= 11 is 0. The van der Waals surface area contributed by atoms with E-state index in [1.165, 1.54) is 0 Å². The molecule has 0 saturated carbocycles. The van der Waals surface area contributed by atoms with Gasteiger partial charge in [-0.1, -0.05) is 12.1 Å². The highest BCUT2D eigenvalue weighted by molar-refractivity contribution is 5.93. The third-order valence-corrected chi connectivity index (χ3v) is 3.13. The molecule has 5 nitrogen and oxygen atoms in total. The van der Waals surface area contributed by atoms with Crippen molar-refractivity contribution in [3.05, 3.63) is 66.4 Å². The molecule has 1 amide bonds. The zero-order valence-corrected chi connectivity index (χ0v) is 11.0. The number of aromatic nitrogens is 3. The molecule has 0 saturated heterocycles. The maximum Gasteiger partial charge on any atom is 0.271 e. The second-order valence-electron chi connectivity index (χ2n) is 4.57. The van der Waals surface area contributed by atoms with Crippen molar-refractivity contribution in [3.8, 4) is 0 Å². The number of amides is 1. The van der Waals surface area contributed by atoms with E-state index in [4.69, 9.17) is 0 Å². The van der Waals surface area contributed by atoms with Crippen LogP contribution in [0.25, 0.3) is 5.65 Å². The smallest absolute Gasteiger partial charge is 0.271 e. The number of hydrogen-bond acceptors (Lipinski definition) is 3. The molecule has 3 rings (SSSR count). The van der Waals surface area contributed by atoms with Crippen LogP contribution in [0, 0.1) is 0 Å². The van der Waals surface area contributed by atoms with Gasteiger partial charge in [0.05, 0.1) is 6.04 Å². The van der Waals surface area contributed by atoms with E-state index in [1.54, 1.807) is 18.6 Å². The zero-order valence-electron chi connectivity index (χ0n) is 11.0. The van der Waals surface area contributed by atoms with E-state index in [9.17, 15) is 4.79 Å². The molecular weight excluding hydrogens is 252 g/mol. The summed E-state index contributed by atoms with van der Waals surface area (Å²) in [5, 5.41) is 2.92. The van der Waals surface area contributed by atoms with Crippen molar-refractivity contribution in [2.24, 2.45) is 0 Å². The molecule has 3 aromatic heterocycles. The van der Waals surface area contributed by atoms with Gasteiger partial charge in [-0.3, -0.25) is 9.78 Å². The number of pyridine rings is 2. The Hall–Kier alpha value is -2.69. The lowest BCUT2D eigenvalue weighted by molar-refractivity contribution is 0.0935. The summed E-state index contributed by atoms with van der Waals surface area (Å²) in [5.41, 5.74) is 2.13. The van der Waals surface area contributed by atoms with E-state index in [0.717, 1.165) is 11.2 Å². The summed E-state index contributed by atoms with van der Waals surface area (Å²) in [6.07, 6.45) is 7.04. The first kappa shape index (κ1) is 12.3. The molecular formula is C15H14N4O. The van der Waals surface area contributed by atoms with E-state index in [-0.39, 0.29) is 11.9 Å². The predicted molar refractivity (Wildman–Crippen MR) is 75.3 cm³/mol. The quantitative estimate of drug-likeness (QED) is 0.790. The molecule has 0 aliphatic heterocycles. The molecule has 5 heteroatoms. The molecule has 20 heavy (non-hydrogen) atoms. The van der Waals surface area contributed by atoms with Crippen LogP contribution in [0.3, 0.4) is 0 Å². The summed E-state index contributed by atoms with van der Waals surface area (Å²) in [6.45, 7) is 1.92. The van der Waals surface area contributed by atoms with Crippen molar-refractivity contribution in [1.29, 1.82) is 0 Å². The fourth-order valence-electron chi connectivity index (χ4n) is 2.03. The van der Waals surface area contributed by atoms with Gasteiger partial charge in [0.15, 0.2) is 0 Å². The van der Waals surface area contributed by atoms with Crippen molar-refractivity contribution in [1.82, 2.24) is 19.7 Å². The molecule has 0 radical (unpaired) electrons. The second-order valence-corrected chi connectivity index (χ2v) is 4.57. The number of rotatable bonds is 3. The van der Waals surface area contributed by atoms with Gasteiger partial charge in [-0.2, -0.15) is 0 Å². The maximum atomic E-state index is 12.2. The fraction of sp³-hybridized carbons (Fsp3) is 0.133. The lowest BCUT2D eigenvalue weighted by Gasteiger charge is -2.12. The third-order valence-electron chi connectivity index (χ3n) is 3.13. The monoisotopic (exact) mass is 266 g/mol. The third kappa shape index (κ3) is 2.38. The second kappa shape index (κ2) is 5.13. The molecule has 0 spiro atoms. The largest absolute Gasteiger partial charge is 0.344 e. The Bertz CT molecular complexity index is 703. The molecule has 1 N–H and O–H groups in total. The summed E-state index contributed by atoms with van der Waals surface area (Å²) in [5.74, 6) is -0.190. The van der Waals surface area contributed by atoms with Crippen molar-refractivity contribution in [3.63, 3.8) is 0 Å². The van der Waals surface area contributed by atoms with Gasteiger partial charge in [-0.15, -0.1) is 0 Å². The average Bonchev–Trinajstić information content (AvgIpc) is 2.92. The van der Waals surface area contributed by atoms with Crippen LogP contribution >= 0.6 is 0 Å². The minimum atomic E-state index is -0.190. The predicted octanol–water partition coefficient (Wildman–Crippen LogP) is 2.22. The van der Waals surface area contributed by atoms with Crippen LogP contribution in [0.2, 0.25) is 0 Å². The molecule has 1 atom stereocenters. The summed E-state index contributed by atoms with van der Waals surface area (Å²) in [4.78, 5) is 20.5. The van der Waals surface area contributed by atoms with E-state index in [0.29, 0.717) is 5.69 Å². The van der Waals surface area contributed by atoms with Crippen LogP contribution in [-0.2, 0) is 0 Å². The number of nitrogens with zero attached hydrogens (tertiary/aromatic N) is 3. The molecule has 0 unspecified atom stereocenters. The molecule has 0 aliphatic carbocycles. The lowest BCUT2D eigenvalue weighted by Crippen LogP contribution is -2.26. The summed E-state index contributed by atoms with van der Waals surface area (Å²) in [6, 6.07) is 9.32. The van der Waals surface area contributed by atoms with Crippen LogP contribution < -0.4 is 5.32 Å². The highest BCUT2D eigenvalue weighted by Crippen LogP contribution is 2.11. The number of imidazole rings is 1. The van der Waals surface area contributed by atoms with Gasteiger partial charge in [0.25, 0.3) is 5.91 Å². The normalized spacial score (nSPS) is 12.2. The van der Waals surface area contributed by atoms with E-state index >= 15 is 0 Å². The van der Waals surface area contributed by atoms with Gasteiger partial charge in [0.2, 0.25) is 0 Å². The first-order chi connectivity index (χ1) is 9.74. The number of nitrogens with one attached hydrogen (secondary N) is 1. The minimum absolute atomic E-state index is 0.110. The number of hydrogen-bond donors (Lipinski definition) is 1. The van der Waals surface area contributed by atoms with Crippen molar-refractivity contribution in [2.45, 2.75) is 13.0 Å². The standard InChI is InChI=1S/C15H14N4O/c1-11(12-5-4-7-16-9-12)17-15(20)13-10-19-8-3-2-6-14(19)18-13/h2-11H,1H3,(H,17,20)/t11-/m0/s1. The Morgan fingerprint density at radius 2 is 2.20 bits per heavy atom. The van der Waals surface area contributed by atoms with Crippen LogP contribution in [0.5, 0.6) is 0 Å². The summed E-state index contributed by atoms with van der Waals surface area (Å²) < 4.78 is 1.82. The minimum Gasteiger partial charge on any atom is -0.344 e. The molecule has 0 aromatic carbocycles. The SMILES string of the molecule is C[C@H](NC(=O)c1cn2ccccc2n1)c1cccnc1. The van der Waals surface area contributed by atoms with Crippen molar-refractivity contribution in [2.75, 3.05) is 0 Å². The van der Waals surface area contributed by atoms with Crippen LogP contribution in [0.15, 0.2) is 55.1 Å². The molecule has 3 heterocycles. The van der Waals surface area contributed by atoms with Crippen molar-refractivity contribution >= 4 is 11.6 Å². The van der Waals surface area contributed by atoms with Crippen LogP contribution in [0.1, 0.15) is 29.0 Å². The van der Waals surface area contributed by atoms with Crippen LogP contribution in [0.4, 0.5) is 0 Å². The first-order valence-corrected chi connectivity index (χ1v) is 6.38. The van der Waals surface area contributed by atoms with Crippen LogP contribution in [-0.4, -0.2) is 20.3 Å². The molecule has 0 bridgehead atoms. The van der Waals surface area contributed by atoms with Gasteiger partial charge in [0.1, 0.15) is 11.3 Å². The average molecular weight is 266 g/mol. The number of carbonyl (C=O) groups excluding carboxylic acids is 1. The first-order valence-electron chi connectivity index (χ1n) is 6.38. The molecule has 3 aromatic rings. The van der Waals surface area contributed by atoms with E-state index in [2.05, 4.69) is 15.3 Å². The Labute approximate surface area is 116 Å². The Morgan fingerprint density at radius 1 is 1.30 bits per heavy atom. The molecule has 0 aliphatic rings. The highest BCUT2D eigenvalue weighted by atomic mass is 16.1. The summed E-state index contributed by atoms with van der Waals surface area (Å²) in [7, 11) is 0. The fourth-order valence-corrected chi connectivity index (χ4v) is 2.03. The van der Waals surface area contributed by atoms with E-state index in [1.807, 2.05) is 47.9 Å². The van der Waals surface area contributed by atoms with Gasteiger partial charge in [0, 0.05) is 24.8 Å². The van der Waals surface area contributed by atoms with E-state index < -0.39 is 0 Å².